The number of carboxylic acid groups (broad SMARTS) is 1. The Bertz CT molecular complexity index is 584. The second-order valence-corrected chi connectivity index (χ2v) is 4.49. The van der Waals surface area contributed by atoms with E-state index in [9.17, 15) is 9.59 Å². The zero-order chi connectivity index (χ0) is 13.3. The molecule has 1 aliphatic heterocycles. The molecule has 0 amide bonds. The molecule has 2 rings (SSSR count). The molecule has 1 aliphatic rings. The zero-order valence-corrected chi connectivity index (χ0v) is 11.0. The van der Waals surface area contributed by atoms with E-state index in [-0.39, 0.29) is 15.8 Å². The topological polar surface area (TPSA) is 63.6 Å². The Morgan fingerprint density at radius 1 is 1.28 bits per heavy atom. The molecule has 1 N–H and O–H groups in total. The number of allylic oxidation sites excluding steroid dienone is 1. The molecule has 0 bridgehead atoms. The van der Waals surface area contributed by atoms with Crippen molar-refractivity contribution in [2.75, 3.05) is 0 Å². The maximum atomic E-state index is 11.9. The number of Topliss-reactive ketones (excluding diaryl/α,β-unsaturated/α-hetero) is 1. The smallest absolute Gasteiger partial charge is 0.335 e. The SMILES string of the molecule is CC(C(=O)O)=C1OC(c2ccccc2)=C(Br)C1=O. The van der Waals surface area contributed by atoms with E-state index in [1.807, 2.05) is 18.2 Å². The van der Waals surface area contributed by atoms with Crippen LogP contribution in [0.25, 0.3) is 5.76 Å². The minimum absolute atomic E-state index is 0.108. The first-order chi connectivity index (χ1) is 8.52. The van der Waals surface area contributed by atoms with Gasteiger partial charge in [-0.2, -0.15) is 0 Å². The van der Waals surface area contributed by atoms with Gasteiger partial charge in [0.15, 0.2) is 11.5 Å². The van der Waals surface area contributed by atoms with E-state index in [4.69, 9.17) is 9.84 Å². The summed E-state index contributed by atoms with van der Waals surface area (Å²) in [5.41, 5.74) is 0.605. The highest BCUT2D eigenvalue weighted by Crippen LogP contribution is 2.36. The predicted molar refractivity (Wildman–Crippen MR) is 68.7 cm³/mol. The number of carboxylic acids is 1. The van der Waals surface area contributed by atoms with Crippen molar-refractivity contribution in [1.29, 1.82) is 0 Å². The second-order valence-electron chi connectivity index (χ2n) is 3.70. The van der Waals surface area contributed by atoms with Crippen molar-refractivity contribution in [2.45, 2.75) is 6.92 Å². The molecule has 0 saturated carbocycles. The van der Waals surface area contributed by atoms with Gasteiger partial charge >= 0.3 is 5.97 Å². The minimum Gasteiger partial charge on any atom is -0.478 e. The van der Waals surface area contributed by atoms with Crippen LogP contribution in [0.15, 0.2) is 46.1 Å². The van der Waals surface area contributed by atoms with Crippen molar-refractivity contribution >= 4 is 33.4 Å². The third-order valence-electron chi connectivity index (χ3n) is 2.51. The largest absolute Gasteiger partial charge is 0.478 e. The fourth-order valence-electron chi connectivity index (χ4n) is 1.52. The van der Waals surface area contributed by atoms with Crippen LogP contribution in [-0.4, -0.2) is 16.9 Å². The molecule has 0 aliphatic carbocycles. The lowest BCUT2D eigenvalue weighted by Gasteiger charge is -2.05. The van der Waals surface area contributed by atoms with Crippen LogP contribution in [-0.2, 0) is 14.3 Å². The highest BCUT2D eigenvalue weighted by Gasteiger charge is 2.32. The summed E-state index contributed by atoms with van der Waals surface area (Å²) in [6.45, 7) is 1.34. The zero-order valence-electron chi connectivity index (χ0n) is 9.44. The molecule has 1 heterocycles. The summed E-state index contributed by atoms with van der Waals surface area (Å²) in [5.74, 6) is -1.42. The lowest BCUT2D eigenvalue weighted by Crippen LogP contribution is -2.06. The summed E-state index contributed by atoms with van der Waals surface area (Å²) in [5, 5.41) is 8.88. The first-order valence-electron chi connectivity index (χ1n) is 5.14. The molecule has 92 valence electrons. The highest BCUT2D eigenvalue weighted by atomic mass is 79.9. The van der Waals surface area contributed by atoms with Crippen molar-refractivity contribution in [3.05, 3.63) is 51.7 Å². The van der Waals surface area contributed by atoms with Crippen molar-refractivity contribution in [3.8, 4) is 0 Å². The van der Waals surface area contributed by atoms with Crippen LogP contribution in [0.2, 0.25) is 0 Å². The van der Waals surface area contributed by atoms with E-state index in [0.717, 1.165) is 0 Å². The predicted octanol–water partition coefficient (Wildman–Crippen LogP) is 2.71. The molecule has 5 heteroatoms. The minimum atomic E-state index is -1.17. The Kier molecular flexibility index (Phi) is 3.34. The molecule has 1 aromatic rings. The van der Waals surface area contributed by atoms with Crippen molar-refractivity contribution in [2.24, 2.45) is 0 Å². The quantitative estimate of drug-likeness (QED) is 0.853. The normalized spacial score (nSPS) is 17.8. The molecule has 4 nitrogen and oxygen atoms in total. The number of carbonyl (C=O) groups is 2. The second kappa shape index (κ2) is 4.78. The molecular weight excluding hydrogens is 300 g/mol. The summed E-state index contributed by atoms with van der Waals surface area (Å²) >= 11 is 3.14. The third kappa shape index (κ3) is 2.09. The maximum Gasteiger partial charge on any atom is 0.335 e. The van der Waals surface area contributed by atoms with Gasteiger partial charge in [-0.15, -0.1) is 0 Å². The number of hydrogen-bond acceptors (Lipinski definition) is 3. The fraction of sp³-hybridized carbons (Fsp3) is 0.0769. The molecule has 0 atom stereocenters. The first-order valence-corrected chi connectivity index (χ1v) is 5.93. The average molecular weight is 309 g/mol. The van der Waals surface area contributed by atoms with Crippen LogP contribution in [0.3, 0.4) is 0 Å². The van der Waals surface area contributed by atoms with Gasteiger partial charge in [0, 0.05) is 5.56 Å². The van der Waals surface area contributed by atoms with E-state index >= 15 is 0 Å². The van der Waals surface area contributed by atoms with Gasteiger partial charge in [-0.3, -0.25) is 4.79 Å². The number of hydrogen-bond donors (Lipinski definition) is 1. The van der Waals surface area contributed by atoms with E-state index in [1.165, 1.54) is 6.92 Å². The van der Waals surface area contributed by atoms with Crippen LogP contribution in [0.4, 0.5) is 0 Å². The van der Waals surface area contributed by atoms with Crippen LogP contribution in [0.1, 0.15) is 12.5 Å². The Morgan fingerprint density at radius 3 is 2.44 bits per heavy atom. The number of ether oxygens (including phenoxy) is 1. The summed E-state index contributed by atoms with van der Waals surface area (Å²) in [6, 6.07) is 9.02. The monoisotopic (exact) mass is 308 g/mol. The van der Waals surface area contributed by atoms with Crippen LogP contribution >= 0.6 is 15.9 Å². The number of ketones is 1. The molecule has 0 spiro atoms. The van der Waals surface area contributed by atoms with E-state index in [1.54, 1.807) is 12.1 Å². The summed E-state index contributed by atoms with van der Waals surface area (Å²) < 4.78 is 5.62. The van der Waals surface area contributed by atoms with Crippen LogP contribution in [0, 0.1) is 0 Å². The summed E-state index contributed by atoms with van der Waals surface area (Å²) in [6.07, 6.45) is 0. The number of aliphatic carboxylic acids is 1. The molecule has 0 fully saturated rings. The van der Waals surface area contributed by atoms with Crippen LogP contribution in [0.5, 0.6) is 0 Å². The van der Waals surface area contributed by atoms with Crippen molar-refractivity contribution in [3.63, 3.8) is 0 Å². The maximum absolute atomic E-state index is 11.9. The lowest BCUT2D eigenvalue weighted by atomic mass is 10.1. The number of benzene rings is 1. The molecular formula is C13H9BrO4. The third-order valence-corrected chi connectivity index (χ3v) is 3.23. The van der Waals surface area contributed by atoms with Gasteiger partial charge in [0.2, 0.25) is 5.78 Å². The van der Waals surface area contributed by atoms with Crippen molar-refractivity contribution in [1.82, 2.24) is 0 Å². The van der Waals surface area contributed by atoms with Crippen LogP contribution < -0.4 is 0 Å². The highest BCUT2D eigenvalue weighted by molar-refractivity contribution is 9.12. The summed E-state index contributed by atoms with van der Waals surface area (Å²) in [7, 11) is 0. The lowest BCUT2D eigenvalue weighted by molar-refractivity contribution is -0.133. The number of rotatable bonds is 2. The molecule has 0 aromatic heterocycles. The molecule has 1 aromatic carbocycles. The summed E-state index contributed by atoms with van der Waals surface area (Å²) in [4.78, 5) is 22.7. The Balaban J connectivity index is 2.46. The van der Waals surface area contributed by atoms with Crippen molar-refractivity contribution < 1.29 is 19.4 Å². The molecule has 0 saturated heterocycles. The Labute approximate surface area is 112 Å². The number of carbonyl (C=O) groups excluding carboxylic acids is 1. The fourth-order valence-corrected chi connectivity index (χ4v) is 2.01. The van der Waals surface area contributed by atoms with Gasteiger partial charge in [0.05, 0.1) is 5.57 Å². The van der Waals surface area contributed by atoms with Gasteiger partial charge in [-0.1, -0.05) is 30.3 Å². The molecule has 0 radical (unpaired) electrons. The first kappa shape index (κ1) is 12.6. The average Bonchev–Trinajstić information content (AvgIpc) is 2.67. The van der Waals surface area contributed by atoms with E-state index < -0.39 is 11.8 Å². The standard InChI is InChI=1S/C13H9BrO4/c1-7(13(16)17)11-10(15)9(14)12(18-11)8-5-3-2-4-6-8/h2-6H,1H3,(H,16,17). The van der Waals surface area contributed by atoms with Gasteiger partial charge in [-0.25, -0.2) is 4.79 Å². The molecule has 0 unspecified atom stereocenters. The Hall–Kier alpha value is -1.88. The van der Waals surface area contributed by atoms with E-state index in [2.05, 4.69) is 15.9 Å². The Morgan fingerprint density at radius 2 is 1.89 bits per heavy atom. The van der Waals surface area contributed by atoms with Gasteiger partial charge < -0.3 is 9.84 Å². The molecule has 18 heavy (non-hydrogen) atoms. The van der Waals surface area contributed by atoms with Gasteiger partial charge in [0.1, 0.15) is 4.48 Å². The van der Waals surface area contributed by atoms with Gasteiger partial charge in [-0.05, 0) is 22.9 Å². The van der Waals surface area contributed by atoms with Gasteiger partial charge in [0.25, 0.3) is 0 Å². The van der Waals surface area contributed by atoms with E-state index in [0.29, 0.717) is 11.3 Å². The number of halogens is 1.